The summed E-state index contributed by atoms with van der Waals surface area (Å²) in [6.07, 6.45) is 17.9. The zero-order valence-electron chi connectivity index (χ0n) is 19.7. The Morgan fingerprint density at radius 1 is 0.667 bits per heavy atom. The Hall–Kier alpha value is -0.990. The Labute approximate surface area is 185 Å². The fraction of sp³-hybridized carbons (Fsp3) is 0.760. The highest BCUT2D eigenvalue weighted by atomic mass is 31.2. The van der Waals surface area contributed by atoms with Gasteiger partial charge < -0.3 is 9.26 Å². The van der Waals surface area contributed by atoms with Crippen LogP contribution < -0.4 is 9.26 Å². The second-order valence-corrected chi connectivity index (χ2v) is 10.3. The fourth-order valence-electron chi connectivity index (χ4n) is 3.43. The van der Waals surface area contributed by atoms with Crippen molar-refractivity contribution in [3.05, 3.63) is 24.3 Å². The zero-order valence-corrected chi connectivity index (χ0v) is 20.6. The summed E-state index contributed by atoms with van der Waals surface area (Å²) in [5.74, 6) is 1.33. The molecular weight excluding hydrogens is 395 g/mol. The van der Waals surface area contributed by atoms with Gasteiger partial charge in [-0.2, -0.15) is 0 Å². The molecule has 174 valence electrons. The highest BCUT2D eigenvalue weighted by Crippen LogP contribution is 2.49. The van der Waals surface area contributed by atoms with E-state index in [1.165, 1.54) is 64.2 Å². The molecule has 1 atom stereocenters. The smallest absolute Gasteiger partial charge is 0.379 e. The van der Waals surface area contributed by atoms with Crippen LogP contribution in [0.5, 0.6) is 11.5 Å². The van der Waals surface area contributed by atoms with Gasteiger partial charge in [0.2, 0.25) is 0 Å². The molecule has 1 aromatic carbocycles. The number of benzene rings is 1. The van der Waals surface area contributed by atoms with Gasteiger partial charge in [-0.15, -0.1) is 0 Å². The van der Waals surface area contributed by atoms with Gasteiger partial charge in [-0.25, -0.2) is 4.57 Å². The predicted molar refractivity (Wildman–Crippen MR) is 128 cm³/mol. The van der Waals surface area contributed by atoms with Crippen molar-refractivity contribution in [2.24, 2.45) is 0 Å². The summed E-state index contributed by atoms with van der Waals surface area (Å²) >= 11 is 0. The highest BCUT2D eigenvalue weighted by molar-refractivity contribution is 7.54. The van der Waals surface area contributed by atoms with Gasteiger partial charge in [0.25, 0.3) is 0 Å². The lowest BCUT2D eigenvalue weighted by Crippen LogP contribution is -2.04. The lowest BCUT2D eigenvalue weighted by molar-refractivity contribution is 0.256. The average Bonchev–Trinajstić information content (AvgIpc) is 2.76. The molecule has 0 saturated heterocycles. The normalized spacial score (nSPS) is 13.2. The van der Waals surface area contributed by atoms with E-state index in [0.717, 1.165) is 31.4 Å². The Morgan fingerprint density at radius 3 is 1.63 bits per heavy atom. The summed E-state index contributed by atoms with van der Waals surface area (Å²) in [6.45, 7) is 4.86. The van der Waals surface area contributed by atoms with Gasteiger partial charge in [-0.3, -0.25) is 4.52 Å². The minimum Gasteiger partial charge on any atom is -0.497 e. The molecule has 5 heteroatoms. The van der Waals surface area contributed by atoms with Crippen molar-refractivity contribution in [1.82, 2.24) is 0 Å². The van der Waals surface area contributed by atoms with Crippen LogP contribution >= 0.6 is 7.60 Å². The van der Waals surface area contributed by atoms with Gasteiger partial charge in [-0.1, -0.05) is 90.9 Å². The minimum absolute atomic E-state index is 0.466. The second kappa shape index (κ2) is 17.7. The van der Waals surface area contributed by atoms with Crippen molar-refractivity contribution in [2.45, 2.75) is 104 Å². The van der Waals surface area contributed by atoms with Crippen LogP contribution in [0.3, 0.4) is 0 Å². The summed E-state index contributed by atoms with van der Waals surface area (Å²) in [7, 11) is -1.48. The van der Waals surface area contributed by atoms with Crippen LogP contribution in [0.25, 0.3) is 0 Å². The van der Waals surface area contributed by atoms with E-state index in [4.69, 9.17) is 13.8 Å². The lowest BCUT2D eigenvalue weighted by atomic mass is 10.1. The lowest BCUT2D eigenvalue weighted by Gasteiger charge is -2.19. The molecule has 0 bridgehead atoms. The largest absolute Gasteiger partial charge is 0.497 e. The van der Waals surface area contributed by atoms with Gasteiger partial charge in [0, 0.05) is 0 Å². The molecule has 0 heterocycles. The van der Waals surface area contributed by atoms with Crippen LogP contribution in [-0.4, -0.2) is 19.9 Å². The minimum atomic E-state index is -3.10. The second-order valence-electron chi connectivity index (χ2n) is 8.18. The van der Waals surface area contributed by atoms with Crippen molar-refractivity contribution >= 4 is 7.60 Å². The molecule has 0 fully saturated rings. The van der Waals surface area contributed by atoms with E-state index in [-0.39, 0.29) is 0 Å². The first-order valence-corrected chi connectivity index (χ1v) is 13.9. The monoisotopic (exact) mass is 440 g/mol. The van der Waals surface area contributed by atoms with Gasteiger partial charge >= 0.3 is 7.60 Å². The number of hydrogen-bond donors (Lipinski definition) is 0. The number of unbranched alkanes of at least 4 members (excludes halogenated alkanes) is 12. The standard InChI is InChI=1S/C25H45O4P/c1-4-6-8-9-10-11-12-13-14-15-16-17-22-28-30(26,23-7-5-2)29-25-20-18-24(27-3)19-21-25/h18-21H,4-17,22-23H2,1-3H3. The molecule has 0 N–H and O–H groups in total. The summed E-state index contributed by atoms with van der Waals surface area (Å²) < 4.78 is 29.9. The maximum Gasteiger partial charge on any atom is 0.379 e. The van der Waals surface area contributed by atoms with Crippen molar-refractivity contribution < 1.29 is 18.3 Å². The van der Waals surface area contributed by atoms with Crippen LogP contribution in [0.4, 0.5) is 0 Å². The van der Waals surface area contributed by atoms with Crippen molar-refractivity contribution in [3.8, 4) is 11.5 Å². The molecule has 30 heavy (non-hydrogen) atoms. The van der Waals surface area contributed by atoms with Gasteiger partial charge in [-0.05, 0) is 37.1 Å². The van der Waals surface area contributed by atoms with Crippen molar-refractivity contribution in [2.75, 3.05) is 19.9 Å². The van der Waals surface area contributed by atoms with Gasteiger partial charge in [0.15, 0.2) is 0 Å². The van der Waals surface area contributed by atoms with E-state index in [9.17, 15) is 4.57 Å². The molecule has 0 spiro atoms. The Morgan fingerprint density at radius 2 is 1.13 bits per heavy atom. The van der Waals surface area contributed by atoms with Crippen LogP contribution in [0.1, 0.15) is 104 Å². The highest BCUT2D eigenvalue weighted by Gasteiger charge is 2.25. The predicted octanol–water partition coefficient (Wildman–Crippen LogP) is 8.78. The zero-order chi connectivity index (χ0) is 21.9. The van der Waals surface area contributed by atoms with E-state index in [0.29, 0.717) is 18.5 Å². The molecule has 0 amide bonds. The Kier molecular flexibility index (Phi) is 15.9. The third-order valence-corrected chi connectivity index (χ3v) is 7.30. The summed E-state index contributed by atoms with van der Waals surface area (Å²) in [4.78, 5) is 0. The maximum atomic E-state index is 13.1. The Bertz CT molecular complexity index is 559. The first-order valence-electron chi connectivity index (χ1n) is 12.2. The molecule has 1 rings (SSSR count). The van der Waals surface area contributed by atoms with Crippen molar-refractivity contribution in [1.29, 1.82) is 0 Å². The van der Waals surface area contributed by atoms with E-state index in [1.54, 1.807) is 19.2 Å². The molecule has 1 unspecified atom stereocenters. The average molecular weight is 441 g/mol. The molecule has 0 saturated carbocycles. The van der Waals surface area contributed by atoms with Gasteiger partial charge in [0.1, 0.15) is 11.5 Å². The number of methoxy groups -OCH3 is 1. The molecule has 0 radical (unpaired) electrons. The van der Waals surface area contributed by atoms with Crippen LogP contribution in [0, 0.1) is 0 Å². The SMILES string of the molecule is CCCCCCCCCCCCCCOP(=O)(CCCC)Oc1ccc(OC)cc1. The number of ether oxygens (including phenoxy) is 1. The fourth-order valence-corrected chi connectivity index (χ4v) is 5.26. The topological polar surface area (TPSA) is 44.8 Å². The van der Waals surface area contributed by atoms with Crippen LogP contribution in [0.2, 0.25) is 0 Å². The first kappa shape index (κ1) is 27.0. The van der Waals surface area contributed by atoms with Crippen molar-refractivity contribution in [3.63, 3.8) is 0 Å². The summed E-state index contributed by atoms with van der Waals surface area (Å²) in [5.41, 5.74) is 0. The van der Waals surface area contributed by atoms with E-state index < -0.39 is 7.60 Å². The molecule has 0 aliphatic carbocycles. The summed E-state index contributed by atoms with van der Waals surface area (Å²) in [6, 6.07) is 7.19. The first-order chi connectivity index (χ1) is 14.6. The van der Waals surface area contributed by atoms with E-state index in [1.807, 2.05) is 12.1 Å². The van der Waals surface area contributed by atoms with Crippen LogP contribution in [-0.2, 0) is 9.09 Å². The molecular formula is C25H45O4P. The summed E-state index contributed by atoms with van der Waals surface area (Å²) in [5, 5.41) is 0. The molecule has 0 aliphatic rings. The quantitative estimate of drug-likeness (QED) is 0.150. The molecule has 4 nitrogen and oxygen atoms in total. The molecule has 0 aliphatic heterocycles. The third kappa shape index (κ3) is 13.3. The third-order valence-electron chi connectivity index (χ3n) is 5.38. The Balaban J connectivity index is 2.17. The van der Waals surface area contributed by atoms with E-state index in [2.05, 4.69) is 13.8 Å². The number of rotatable bonds is 20. The van der Waals surface area contributed by atoms with Crippen LogP contribution in [0.15, 0.2) is 24.3 Å². The maximum absolute atomic E-state index is 13.1. The molecule has 0 aromatic heterocycles. The van der Waals surface area contributed by atoms with E-state index >= 15 is 0 Å². The van der Waals surface area contributed by atoms with Gasteiger partial charge in [0.05, 0.1) is 19.9 Å². The molecule has 1 aromatic rings. The number of hydrogen-bond acceptors (Lipinski definition) is 4.